The average molecular weight is 306 g/mol. The zero-order chi connectivity index (χ0) is 15.7. The minimum atomic E-state index is -0.344. The number of methoxy groups -OCH3 is 1. The fourth-order valence-corrected chi connectivity index (χ4v) is 3.24. The predicted octanol–water partition coefficient (Wildman–Crippen LogP) is 2.03. The van der Waals surface area contributed by atoms with Crippen molar-refractivity contribution in [2.45, 2.75) is 0 Å². The Hall–Kier alpha value is -3.35. The molecule has 0 saturated heterocycles. The highest BCUT2D eigenvalue weighted by atomic mass is 16.5. The molecule has 0 aliphatic heterocycles. The lowest BCUT2D eigenvalue weighted by Crippen LogP contribution is -1.99. The molecule has 0 aliphatic rings. The number of aromatic hydroxyl groups is 1. The van der Waals surface area contributed by atoms with Gasteiger partial charge in [-0.3, -0.25) is 9.78 Å². The van der Waals surface area contributed by atoms with Crippen LogP contribution in [0.15, 0.2) is 35.3 Å². The van der Waals surface area contributed by atoms with Gasteiger partial charge in [0.25, 0.3) is 5.56 Å². The van der Waals surface area contributed by atoms with E-state index in [0.29, 0.717) is 33.1 Å². The first kappa shape index (κ1) is 12.2. The van der Waals surface area contributed by atoms with Crippen LogP contribution in [-0.4, -0.2) is 31.8 Å². The number of rotatable bonds is 1. The fraction of sp³-hybridized carbons (Fsp3) is 0.0625. The monoisotopic (exact) mass is 306 g/mol. The molecule has 0 bridgehead atoms. The Kier molecular flexibility index (Phi) is 2.07. The van der Waals surface area contributed by atoms with Gasteiger partial charge in [-0.05, 0) is 24.3 Å². The van der Waals surface area contributed by atoms with Crippen LogP contribution in [-0.2, 0) is 0 Å². The number of hydrogen-bond acceptors (Lipinski definition) is 5. The van der Waals surface area contributed by atoms with E-state index in [-0.39, 0.29) is 11.4 Å². The second-order valence-electron chi connectivity index (χ2n) is 5.37. The lowest BCUT2D eigenvalue weighted by molar-refractivity contribution is 0.415. The predicted molar refractivity (Wildman–Crippen MR) is 85.5 cm³/mol. The van der Waals surface area contributed by atoms with Crippen molar-refractivity contribution in [1.29, 1.82) is 0 Å². The van der Waals surface area contributed by atoms with Gasteiger partial charge in [0.2, 0.25) is 5.88 Å². The van der Waals surface area contributed by atoms with Gasteiger partial charge in [0.05, 0.1) is 35.1 Å². The lowest BCUT2D eigenvalue weighted by Gasteiger charge is -2.00. The summed E-state index contributed by atoms with van der Waals surface area (Å²) in [5.41, 5.74) is 1.61. The number of nitrogens with one attached hydrogen (secondary N) is 1. The smallest absolute Gasteiger partial charge is 0.259 e. The standard InChI is InChI=1S/C16H10N4O3/c1-23-7-2-3-9-8(6-7)11-13-12(15(21)19-16(13)22)10-4-5-17-20(10)14(11)18-9/h2-6,21H,1H3,(H,19,22). The molecule has 5 aromatic rings. The third kappa shape index (κ3) is 1.36. The quantitative estimate of drug-likeness (QED) is 0.494. The molecule has 0 spiro atoms. The number of pyridine rings is 1. The maximum atomic E-state index is 12.4. The van der Waals surface area contributed by atoms with Crippen LogP contribution in [0.25, 0.3) is 38.2 Å². The number of ether oxygens (including phenoxy) is 1. The summed E-state index contributed by atoms with van der Waals surface area (Å²) >= 11 is 0. The molecular formula is C16H10N4O3. The molecule has 7 heteroatoms. The van der Waals surface area contributed by atoms with Gasteiger partial charge in [0.1, 0.15) is 5.75 Å². The summed E-state index contributed by atoms with van der Waals surface area (Å²) in [4.78, 5) is 19.4. The van der Waals surface area contributed by atoms with Crippen molar-refractivity contribution in [3.63, 3.8) is 0 Å². The van der Waals surface area contributed by atoms with Crippen LogP contribution in [0.2, 0.25) is 0 Å². The Morgan fingerprint density at radius 3 is 2.91 bits per heavy atom. The number of H-pyrrole nitrogens is 1. The minimum absolute atomic E-state index is 0.158. The van der Waals surface area contributed by atoms with Crippen molar-refractivity contribution in [2.75, 3.05) is 7.11 Å². The van der Waals surface area contributed by atoms with Gasteiger partial charge in [0, 0.05) is 10.8 Å². The number of aromatic nitrogens is 4. The molecule has 0 fully saturated rings. The van der Waals surface area contributed by atoms with Gasteiger partial charge in [-0.15, -0.1) is 0 Å². The molecule has 23 heavy (non-hydrogen) atoms. The van der Waals surface area contributed by atoms with Crippen molar-refractivity contribution in [3.8, 4) is 11.6 Å². The summed E-state index contributed by atoms with van der Waals surface area (Å²) in [6.45, 7) is 0. The van der Waals surface area contributed by atoms with E-state index in [4.69, 9.17) is 4.74 Å². The van der Waals surface area contributed by atoms with E-state index in [2.05, 4.69) is 15.1 Å². The van der Waals surface area contributed by atoms with Crippen molar-refractivity contribution in [3.05, 3.63) is 40.8 Å². The number of hydrogen-bond donors (Lipinski definition) is 2. The van der Waals surface area contributed by atoms with Crippen LogP contribution in [0.4, 0.5) is 0 Å². The maximum Gasteiger partial charge on any atom is 0.259 e. The zero-order valence-electron chi connectivity index (χ0n) is 12.0. The number of nitrogens with zero attached hydrogens (tertiary/aromatic N) is 3. The molecule has 4 aromatic heterocycles. The highest BCUT2D eigenvalue weighted by Crippen LogP contribution is 2.37. The molecule has 0 radical (unpaired) electrons. The van der Waals surface area contributed by atoms with Gasteiger partial charge < -0.3 is 9.84 Å². The Labute approximate surface area is 128 Å². The first-order chi connectivity index (χ1) is 11.2. The summed E-state index contributed by atoms with van der Waals surface area (Å²) < 4.78 is 6.91. The molecule has 5 rings (SSSR count). The van der Waals surface area contributed by atoms with E-state index < -0.39 is 0 Å². The van der Waals surface area contributed by atoms with Crippen LogP contribution in [0.3, 0.4) is 0 Å². The Morgan fingerprint density at radius 2 is 2.09 bits per heavy atom. The third-order valence-corrected chi connectivity index (χ3v) is 4.22. The van der Waals surface area contributed by atoms with E-state index in [0.717, 1.165) is 10.9 Å². The maximum absolute atomic E-state index is 12.4. The topological polar surface area (TPSA) is 92.5 Å². The fourth-order valence-electron chi connectivity index (χ4n) is 3.24. The molecule has 7 nitrogen and oxygen atoms in total. The van der Waals surface area contributed by atoms with Gasteiger partial charge in [-0.2, -0.15) is 5.10 Å². The molecule has 0 aliphatic carbocycles. The summed E-state index contributed by atoms with van der Waals surface area (Å²) in [5, 5.41) is 16.7. The Bertz CT molecular complexity index is 1290. The first-order valence-corrected chi connectivity index (χ1v) is 7.00. The van der Waals surface area contributed by atoms with Crippen LogP contribution in [0, 0.1) is 0 Å². The highest BCUT2D eigenvalue weighted by Gasteiger charge is 2.21. The molecule has 1 aromatic carbocycles. The molecule has 2 N–H and O–H groups in total. The number of aromatic amines is 1. The largest absolute Gasteiger partial charge is 0.497 e. The molecule has 4 heterocycles. The molecular weight excluding hydrogens is 296 g/mol. The lowest BCUT2D eigenvalue weighted by atomic mass is 10.1. The Balaban J connectivity index is 2.21. The second kappa shape index (κ2) is 3.89. The highest BCUT2D eigenvalue weighted by molar-refractivity contribution is 6.23. The Morgan fingerprint density at radius 1 is 1.22 bits per heavy atom. The zero-order valence-corrected chi connectivity index (χ0v) is 12.0. The van der Waals surface area contributed by atoms with Crippen molar-refractivity contribution in [2.24, 2.45) is 0 Å². The SMILES string of the molecule is COc1ccc2nc3c(c2c1)c1c(=O)[nH]c(O)c1c1ccnn13. The molecule has 0 saturated carbocycles. The van der Waals surface area contributed by atoms with Crippen LogP contribution < -0.4 is 10.3 Å². The van der Waals surface area contributed by atoms with E-state index in [9.17, 15) is 9.90 Å². The van der Waals surface area contributed by atoms with Crippen LogP contribution in [0.5, 0.6) is 11.6 Å². The molecule has 0 amide bonds. The number of fused-ring (bicyclic) bond motifs is 8. The third-order valence-electron chi connectivity index (χ3n) is 4.22. The normalized spacial score (nSPS) is 12.0. The van der Waals surface area contributed by atoms with E-state index in [1.54, 1.807) is 23.9 Å². The van der Waals surface area contributed by atoms with E-state index in [1.165, 1.54) is 0 Å². The van der Waals surface area contributed by atoms with Gasteiger partial charge >= 0.3 is 0 Å². The minimum Gasteiger partial charge on any atom is -0.497 e. The molecule has 112 valence electrons. The van der Waals surface area contributed by atoms with Crippen molar-refractivity contribution in [1.82, 2.24) is 19.6 Å². The summed E-state index contributed by atoms with van der Waals surface area (Å²) in [6.07, 6.45) is 1.62. The van der Waals surface area contributed by atoms with Gasteiger partial charge in [-0.25, -0.2) is 9.50 Å². The van der Waals surface area contributed by atoms with Crippen molar-refractivity contribution >= 4 is 38.2 Å². The van der Waals surface area contributed by atoms with Gasteiger partial charge in [-0.1, -0.05) is 0 Å². The summed E-state index contributed by atoms with van der Waals surface area (Å²) in [6, 6.07) is 7.24. The number of benzene rings is 1. The van der Waals surface area contributed by atoms with Crippen molar-refractivity contribution < 1.29 is 9.84 Å². The van der Waals surface area contributed by atoms with Crippen LogP contribution >= 0.6 is 0 Å². The second-order valence-corrected chi connectivity index (χ2v) is 5.37. The molecule has 0 atom stereocenters. The van der Waals surface area contributed by atoms with E-state index in [1.807, 2.05) is 18.2 Å². The summed E-state index contributed by atoms with van der Waals surface area (Å²) in [7, 11) is 1.59. The first-order valence-electron chi connectivity index (χ1n) is 7.00. The molecule has 0 unspecified atom stereocenters. The average Bonchev–Trinajstić information content (AvgIpc) is 3.22. The summed E-state index contributed by atoms with van der Waals surface area (Å²) in [5.74, 6) is 0.516. The van der Waals surface area contributed by atoms with Crippen LogP contribution in [0.1, 0.15) is 0 Å². The van der Waals surface area contributed by atoms with Gasteiger partial charge in [0.15, 0.2) is 5.65 Å². The van der Waals surface area contributed by atoms with E-state index >= 15 is 0 Å².